The third-order valence-corrected chi connectivity index (χ3v) is 1.88. The molecule has 78 valence electrons. The van der Waals surface area contributed by atoms with Gasteiger partial charge in [0.25, 0.3) is 0 Å². The SMILES string of the molecule is COCCNCc1ccc(N)cc1F. The topological polar surface area (TPSA) is 47.3 Å². The van der Waals surface area contributed by atoms with Crippen molar-refractivity contribution in [2.24, 2.45) is 0 Å². The van der Waals surface area contributed by atoms with E-state index in [0.29, 0.717) is 30.9 Å². The molecule has 0 saturated carbocycles. The van der Waals surface area contributed by atoms with Crippen molar-refractivity contribution >= 4 is 5.69 Å². The summed E-state index contributed by atoms with van der Waals surface area (Å²) < 4.78 is 18.1. The van der Waals surface area contributed by atoms with Crippen molar-refractivity contribution in [1.29, 1.82) is 0 Å². The first-order valence-electron chi connectivity index (χ1n) is 4.47. The lowest BCUT2D eigenvalue weighted by Crippen LogP contribution is -2.19. The Balaban J connectivity index is 2.42. The zero-order valence-corrected chi connectivity index (χ0v) is 8.22. The van der Waals surface area contributed by atoms with Crippen LogP contribution >= 0.6 is 0 Å². The van der Waals surface area contributed by atoms with E-state index in [4.69, 9.17) is 10.5 Å². The summed E-state index contributed by atoms with van der Waals surface area (Å²) >= 11 is 0. The van der Waals surface area contributed by atoms with Crippen LogP contribution in [0.5, 0.6) is 0 Å². The van der Waals surface area contributed by atoms with Crippen LogP contribution in [0.2, 0.25) is 0 Å². The van der Waals surface area contributed by atoms with Gasteiger partial charge >= 0.3 is 0 Å². The molecular weight excluding hydrogens is 183 g/mol. The van der Waals surface area contributed by atoms with Crippen LogP contribution in [0.25, 0.3) is 0 Å². The van der Waals surface area contributed by atoms with Gasteiger partial charge in [0.15, 0.2) is 0 Å². The number of nitrogens with one attached hydrogen (secondary N) is 1. The molecule has 0 atom stereocenters. The Morgan fingerprint density at radius 1 is 1.50 bits per heavy atom. The summed E-state index contributed by atoms with van der Waals surface area (Å²) in [5.74, 6) is -0.269. The first-order chi connectivity index (χ1) is 6.74. The Bertz CT molecular complexity index is 291. The molecule has 0 heterocycles. The number of hydrogen-bond donors (Lipinski definition) is 2. The Labute approximate surface area is 83.1 Å². The number of halogens is 1. The summed E-state index contributed by atoms with van der Waals surface area (Å²) in [4.78, 5) is 0. The molecule has 3 N–H and O–H groups in total. The Kier molecular flexibility index (Phi) is 4.35. The molecule has 4 heteroatoms. The molecule has 0 spiro atoms. The molecule has 0 aliphatic heterocycles. The maximum Gasteiger partial charge on any atom is 0.129 e. The third-order valence-electron chi connectivity index (χ3n) is 1.88. The summed E-state index contributed by atoms with van der Waals surface area (Å²) in [7, 11) is 1.63. The lowest BCUT2D eigenvalue weighted by atomic mass is 10.2. The molecule has 14 heavy (non-hydrogen) atoms. The molecule has 1 aromatic rings. The predicted octanol–water partition coefficient (Wildman–Crippen LogP) is 1.14. The molecule has 0 bridgehead atoms. The van der Waals surface area contributed by atoms with Gasteiger partial charge in [0, 0.05) is 31.5 Å². The van der Waals surface area contributed by atoms with Crippen LogP contribution in [-0.2, 0) is 11.3 Å². The van der Waals surface area contributed by atoms with Gasteiger partial charge in [0.1, 0.15) is 5.82 Å². The second kappa shape index (κ2) is 5.57. The number of nitrogen functional groups attached to an aromatic ring is 1. The molecular formula is C10H15FN2O. The molecule has 0 aliphatic carbocycles. The van der Waals surface area contributed by atoms with E-state index < -0.39 is 0 Å². The molecule has 0 aliphatic rings. The van der Waals surface area contributed by atoms with E-state index in [0.717, 1.165) is 0 Å². The molecule has 0 amide bonds. The number of nitrogens with two attached hydrogens (primary N) is 1. The lowest BCUT2D eigenvalue weighted by molar-refractivity contribution is 0.199. The summed E-state index contributed by atoms with van der Waals surface area (Å²) in [6.07, 6.45) is 0. The van der Waals surface area contributed by atoms with E-state index in [1.807, 2.05) is 0 Å². The van der Waals surface area contributed by atoms with E-state index in [-0.39, 0.29) is 5.82 Å². The van der Waals surface area contributed by atoms with Gasteiger partial charge in [-0.15, -0.1) is 0 Å². The molecule has 3 nitrogen and oxygen atoms in total. The second-order valence-corrected chi connectivity index (χ2v) is 3.02. The van der Waals surface area contributed by atoms with Crippen LogP contribution < -0.4 is 11.1 Å². The van der Waals surface area contributed by atoms with E-state index in [1.165, 1.54) is 6.07 Å². The zero-order valence-electron chi connectivity index (χ0n) is 8.22. The number of ether oxygens (including phenoxy) is 1. The van der Waals surface area contributed by atoms with Gasteiger partial charge in [0.05, 0.1) is 6.61 Å². The van der Waals surface area contributed by atoms with Crippen molar-refractivity contribution < 1.29 is 9.13 Å². The van der Waals surface area contributed by atoms with Crippen molar-refractivity contribution in [3.63, 3.8) is 0 Å². The standard InChI is InChI=1S/C10H15FN2O/c1-14-5-4-13-7-8-2-3-9(12)6-10(8)11/h2-3,6,13H,4-5,7,12H2,1H3. The fourth-order valence-electron chi connectivity index (χ4n) is 1.10. The Morgan fingerprint density at radius 2 is 2.29 bits per heavy atom. The third kappa shape index (κ3) is 3.32. The van der Waals surface area contributed by atoms with Gasteiger partial charge in [-0.25, -0.2) is 4.39 Å². The van der Waals surface area contributed by atoms with Crippen molar-refractivity contribution in [2.75, 3.05) is 26.0 Å². The van der Waals surface area contributed by atoms with Crippen LogP contribution in [0, 0.1) is 5.82 Å². The van der Waals surface area contributed by atoms with Gasteiger partial charge in [-0.05, 0) is 12.1 Å². The average molecular weight is 198 g/mol. The van der Waals surface area contributed by atoms with Crippen LogP contribution in [-0.4, -0.2) is 20.3 Å². The zero-order chi connectivity index (χ0) is 10.4. The second-order valence-electron chi connectivity index (χ2n) is 3.02. The van der Waals surface area contributed by atoms with E-state index in [2.05, 4.69) is 5.32 Å². The minimum absolute atomic E-state index is 0.269. The van der Waals surface area contributed by atoms with Crippen LogP contribution in [0.15, 0.2) is 18.2 Å². The number of benzene rings is 1. The van der Waals surface area contributed by atoms with Crippen molar-refractivity contribution in [3.8, 4) is 0 Å². The average Bonchev–Trinajstić information content (AvgIpc) is 2.15. The molecule has 0 saturated heterocycles. The van der Waals surface area contributed by atoms with Gasteiger partial charge in [0.2, 0.25) is 0 Å². The molecule has 0 fully saturated rings. The van der Waals surface area contributed by atoms with Crippen molar-refractivity contribution in [3.05, 3.63) is 29.6 Å². The minimum atomic E-state index is -0.269. The fraction of sp³-hybridized carbons (Fsp3) is 0.400. The first kappa shape index (κ1) is 10.9. The lowest BCUT2D eigenvalue weighted by Gasteiger charge is -2.05. The number of anilines is 1. The van der Waals surface area contributed by atoms with Gasteiger partial charge in [-0.3, -0.25) is 0 Å². The van der Waals surface area contributed by atoms with Crippen LogP contribution in [0.1, 0.15) is 5.56 Å². The van der Waals surface area contributed by atoms with Gasteiger partial charge in [-0.1, -0.05) is 6.07 Å². The van der Waals surface area contributed by atoms with Gasteiger partial charge < -0.3 is 15.8 Å². The van der Waals surface area contributed by atoms with Crippen LogP contribution in [0.3, 0.4) is 0 Å². The minimum Gasteiger partial charge on any atom is -0.399 e. The predicted molar refractivity (Wildman–Crippen MR) is 54.4 cm³/mol. The highest BCUT2D eigenvalue weighted by molar-refractivity contribution is 5.40. The van der Waals surface area contributed by atoms with Crippen molar-refractivity contribution in [1.82, 2.24) is 5.32 Å². The van der Waals surface area contributed by atoms with E-state index >= 15 is 0 Å². The Hall–Kier alpha value is -1.13. The maximum absolute atomic E-state index is 13.2. The monoisotopic (exact) mass is 198 g/mol. The molecule has 1 rings (SSSR count). The summed E-state index contributed by atoms with van der Waals surface area (Å²) in [5, 5.41) is 3.06. The summed E-state index contributed by atoms with van der Waals surface area (Å²) in [6, 6.07) is 4.70. The fourth-order valence-corrected chi connectivity index (χ4v) is 1.10. The normalized spacial score (nSPS) is 10.4. The van der Waals surface area contributed by atoms with E-state index in [9.17, 15) is 4.39 Å². The number of hydrogen-bond acceptors (Lipinski definition) is 3. The molecule has 0 aromatic heterocycles. The quantitative estimate of drug-likeness (QED) is 0.551. The summed E-state index contributed by atoms with van der Waals surface area (Å²) in [5.41, 5.74) is 6.49. The molecule has 0 unspecified atom stereocenters. The van der Waals surface area contributed by atoms with Crippen LogP contribution in [0.4, 0.5) is 10.1 Å². The highest BCUT2D eigenvalue weighted by atomic mass is 19.1. The Morgan fingerprint density at radius 3 is 2.93 bits per heavy atom. The number of methoxy groups -OCH3 is 1. The first-order valence-corrected chi connectivity index (χ1v) is 4.47. The summed E-state index contributed by atoms with van der Waals surface area (Å²) in [6.45, 7) is 1.83. The highest BCUT2D eigenvalue weighted by Crippen LogP contribution is 2.11. The highest BCUT2D eigenvalue weighted by Gasteiger charge is 2.00. The maximum atomic E-state index is 13.2. The molecule has 0 radical (unpaired) electrons. The smallest absolute Gasteiger partial charge is 0.129 e. The van der Waals surface area contributed by atoms with Crippen molar-refractivity contribution in [2.45, 2.75) is 6.54 Å². The van der Waals surface area contributed by atoms with E-state index in [1.54, 1.807) is 19.2 Å². The molecule has 1 aromatic carbocycles. The van der Waals surface area contributed by atoms with Gasteiger partial charge in [-0.2, -0.15) is 0 Å². The number of rotatable bonds is 5. The largest absolute Gasteiger partial charge is 0.399 e.